The van der Waals surface area contributed by atoms with Crippen LogP contribution in [0.5, 0.6) is 17.6 Å². The van der Waals surface area contributed by atoms with Crippen molar-refractivity contribution in [3.05, 3.63) is 196 Å². The number of rotatable bonds is 10. The van der Waals surface area contributed by atoms with Crippen molar-refractivity contribution in [1.29, 1.82) is 0 Å². The minimum atomic E-state index is -3.82. The first-order chi connectivity index (χ1) is 48.8. The van der Waals surface area contributed by atoms with Gasteiger partial charge >= 0.3 is 7.12 Å². The number of nitrogens with zero attached hydrogens (tertiary/aromatic N) is 17. The molecule has 15 aromatic rings. The standard InChI is InChI=1S/C23H20N6O3S.C16H14N6O.C12H19BN2O3.C10H7BrN4.C9H8BrN3/c1-14-4-7-18(8-5-14)33(30,31)28-20-10-17(12-25-23(20)32-3)16-6-9-19-21(11-16)29-15(2)26-27-22(29)13-24-19;1-9-20-21-15-8-18-13-4-3-10(6-14(13)22(9)15)11-5-12(17)16(23-2)19-7-11;1-11(2)12(3,4)18-13(17-11)8-6-9(14)10(16-5)15-7-8;1-6-13-14-10-5-12-8-3-2-7(11)4-9(8)15(6)10;10-6-1-2-8-9(3-6)13-7(4-11)5-12-8/h4-13,28H,1-3H3;3-8H,17H2,1-2H3;6-7H,14H2,1-5H3;2-5H,1H3;1-3,5H,4,11H2. The summed E-state index contributed by atoms with van der Waals surface area (Å²) < 4.78 is 63.7. The lowest BCUT2D eigenvalue weighted by atomic mass is 9.80. The van der Waals surface area contributed by atoms with E-state index in [0.29, 0.717) is 40.9 Å². The van der Waals surface area contributed by atoms with E-state index in [4.69, 9.17) is 40.7 Å². The highest BCUT2D eigenvalue weighted by molar-refractivity contribution is 9.10. The summed E-state index contributed by atoms with van der Waals surface area (Å²) >= 11 is 6.83. The van der Waals surface area contributed by atoms with Gasteiger partial charge in [-0.2, -0.15) is 0 Å². The Kier molecular flexibility index (Phi) is 20.3. The molecule has 0 unspecified atom stereocenters. The highest BCUT2D eigenvalue weighted by Crippen LogP contribution is 2.38. The molecule has 0 aliphatic carbocycles. The van der Waals surface area contributed by atoms with Crippen LogP contribution in [0.2, 0.25) is 0 Å². The molecule has 0 radical (unpaired) electrons. The van der Waals surface area contributed by atoms with Gasteiger partial charge in [0.2, 0.25) is 17.6 Å². The summed E-state index contributed by atoms with van der Waals surface area (Å²) in [7, 11) is 0.253. The Morgan fingerprint density at radius 3 is 1.41 bits per heavy atom. The van der Waals surface area contributed by atoms with Gasteiger partial charge in [-0.1, -0.05) is 61.7 Å². The Morgan fingerprint density at radius 2 is 0.922 bits per heavy atom. The van der Waals surface area contributed by atoms with Gasteiger partial charge in [-0.25, -0.2) is 28.4 Å². The van der Waals surface area contributed by atoms with Gasteiger partial charge in [0.1, 0.15) is 23.2 Å². The number of nitrogens with two attached hydrogens (primary N) is 3. The number of benzene rings is 5. The van der Waals surface area contributed by atoms with Crippen molar-refractivity contribution in [1.82, 2.24) is 83.7 Å². The number of hydrogen-bond donors (Lipinski definition) is 4. The van der Waals surface area contributed by atoms with Gasteiger partial charge in [0.25, 0.3) is 10.0 Å². The molecule has 32 heteroatoms. The zero-order chi connectivity index (χ0) is 72.4. The number of sulfonamides is 1. The number of nitrogen functional groups attached to an aromatic ring is 2. The lowest BCUT2D eigenvalue weighted by molar-refractivity contribution is 0.00578. The average Bonchev–Trinajstić information content (AvgIpc) is 1.53. The number of aryl methyl sites for hydroxylation is 4. The summed E-state index contributed by atoms with van der Waals surface area (Å²) in [4.78, 5) is 34.6. The number of halogens is 2. The van der Waals surface area contributed by atoms with Gasteiger partial charge in [0.05, 0.1) is 123 Å². The second-order valence-electron chi connectivity index (χ2n) is 24.3. The van der Waals surface area contributed by atoms with Crippen LogP contribution >= 0.6 is 31.9 Å². The zero-order valence-electron chi connectivity index (χ0n) is 57.2. The molecule has 0 atom stereocenters. The molecule has 0 bridgehead atoms. The van der Waals surface area contributed by atoms with Crippen LogP contribution in [0.1, 0.15) is 56.4 Å². The summed E-state index contributed by atoms with van der Waals surface area (Å²) in [5, 5.41) is 24.5. The first kappa shape index (κ1) is 70.8. The van der Waals surface area contributed by atoms with Crippen molar-refractivity contribution in [3.8, 4) is 39.9 Å². The quantitative estimate of drug-likeness (QED) is 0.0924. The predicted molar refractivity (Wildman–Crippen MR) is 399 cm³/mol. The first-order valence-corrected chi connectivity index (χ1v) is 34.6. The Labute approximate surface area is 602 Å². The molecule has 1 aliphatic rings. The highest BCUT2D eigenvalue weighted by Gasteiger charge is 2.52. The molecular formula is C70H68BBr2N21O7S. The Balaban J connectivity index is 0.000000126. The van der Waals surface area contributed by atoms with Crippen LogP contribution in [0.15, 0.2) is 172 Å². The third kappa shape index (κ3) is 14.9. The van der Waals surface area contributed by atoms with Gasteiger partial charge in [0.15, 0.2) is 16.9 Å². The third-order valence-electron chi connectivity index (χ3n) is 16.9. The molecule has 28 nitrogen and oxygen atoms in total. The molecule has 0 amide bonds. The molecule has 0 spiro atoms. The minimum Gasteiger partial charge on any atom is -0.480 e. The normalized spacial score (nSPS) is 13.1. The average molecular weight is 1520 g/mol. The summed E-state index contributed by atoms with van der Waals surface area (Å²) in [6.45, 7) is 16.1. The van der Waals surface area contributed by atoms with Gasteiger partial charge in [-0.05, 0) is 158 Å². The Hall–Kier alpha value is -11.0. The van der Waals surface area contributed by atoms with Crippen LogP contribution < -0.4 is 41.6 Å². The maximum Gasteiger partial charge on any atom is 0.496 e. The minimum absolute atomic E-state index is 0.155. The summed E-state index contributed by atoms with van der Waals surface area (Å²) in [5.74, 6) is 3.44. The van der Waals surface area contributed by atoms with Gasteiger partial charge < -0.3 is 40.7 Å². The number of anilines is 3. The number of pyridine rings is 3. The van der Waals surface area contributed by atoms with Crippen LogP contribution in [-0.4, -0.2) is 132 Å². The summed E-state index contributed by atoms with van der Waals surface area (Å²) in [6.07, 6.45) is 11.9. The van der Waals surface area contributed by atoms with Crippen molar-refractivity contribution in [2.45, 2.75) is 78.0 Å². The van der Waals surface area contributed by atoms with Gasteiger partial charge in [-0.15, -0.1) is 30.6 Å². The number of nitrogens with one attached hydrogen (secondary N) is 1. The fourth-order valence-corrected chi connectivity index (χ4v) is 12.6. The fraction of sp³-hybridized carbons (Fsp3) is 0.200. The molecule has 518 valence electrons. The summed E-state index contributed by atoms with van der Waals surface area (Å²) in [5.41, 5.74) is 33.1. The molecule has 1 saturated heterocycles. The molecule has 1 fully saturated rings. The summed E-state index contributed by atoms with van der Waals surface area (Å²) in [6, 6.07) is 35.4. The van der Waals surface area contributed by atoms with Crippen LogP contribution in [-0.2, 0) is 25.9 Å². The molecule has 7 N–H and O–H groups in total. The van der Waals surface area contributed by atoms with Crippen LogP contribution in [0.3, 0.4) is 0 Å². The van der Waals surface area contributed by atoms with E-state index in [1.54, 1.807) is 86.9 Å². The van der Waals surface area contributed by atoms with E-state index in [-0.39, 0.29) is 27.7 Å². The molecule has 16 rings (SSSR count). The lowest BCUT2D eigenvalue weighted by Crippen LogP contribution is -2.41. The van der Waals surface area contributed by atoms with E-state index in [0.717, 1.165) is 115 Å². The van der Waals surface area contributed by atoms with Crippen molar-refractivity contribution < 1.29 is 31.9 Å². The number of hydrogen-bond acceptors (Lipinski definition) is 24. The first-order valence-electron chi connectivity index (χ1n) is 31.5. The van der Waals surface area contributed by atoms with E-state index in [2.05, 4.69) is 107 Å². The van der Waals surface area contributed by atoms with E-state index in [9.17, 15) is 8.42 Å². The Morgan fingerprint density at radius 1 is 0.480 bits per heavy atom. The number of aromatic nitrogens is 17. The van der Waals surface area contributed by atoms with Crippen LogP contribution in [0.25, 0.3) is 83.3 Å². The number of ether oxygens (including phenoxy) is 3. The predicted octanol–water partition coefficient (Wildman–Crippen LogP) is 11.2. The fourth-order valence-electron chi connectivity index (χ4n) is 10.9. The lowest BCUT2D eigenvalue weighted by Gasteiger charge is -2.32. The zero-order valence-corrected chi connectivity index (χ0v) is 61.1. The monoisotopic (exact) mass is 1520 g/mol. The topological polar surface area (TPSA) is 364 Å². The van der Waals surface area contributed by atoms with Crippen molar-refractivity contribution in [2.75, 3.05) is 37.5 Å². The largest absolute Gasteiger partial charge is 0.496 e. The number of methoxy groups -OCH3 is 3. The van der Waals surface area contributed by atoms with Crippen molar-refractivity contribution in [2.24, 2.45) is 5.73 Å². The van der Waals surface area contributed by atoms with Gasteiger partial charge in [-0.3, -0.25) is 37.9 Å². The maximum atomic E-state index is 12.9. The highest BCUT2D eigenvalue weighted by atomic mass is 79.9. The Bertz CT molecular complexity index is 5750. The molecule has 0 saturated carbocycles. The second kappa shape index (κ2) is 29.3. The van der Waals surface area contributed by atoms with E-state index >= 15 is 0 Å². The molecule has 102 heavy (non-hydrogen) atoms. The van der Waals surface area contributed by atoms with Crippen molar-refractivity contribution >= 4 is 133 Å². The molecule has 10 aromatic heterocycles. The van der Waals surface area contributed by atoms with E-state index < -0.39 is 17.1 Å². The third-order valence-corrected chi connectivity index (χ3v) is 19.2. The molecule has 5 aromatic carbocycles. The van der Waals surface area contributed by atoms with Crippen LogP contribution in [0.4, 0.5) is 17.1 Å². The van der Waals surface area contributed by atoms with E-state index in [1.165, 1.54) is 14.2 Å². The molecule has 1 aliphatic heterocycles. The molecule has 11 heterocycles. The smallest absolute Gasteiger partial charge is 0.480 e. The van der Waals surface area contributed by atoms with E-state index in [1.807, 2.05) is 147 Å². The number of fused-ring (bicyclic) bond motifs is 10. The SMILES string of the molecule is COc1ncc(-c2ccc3ncc4nnc(C)n4c3c2)cc1N.COc1ncc(-c2ccc3ncc4nnc(C)n4c3c2)cc1NS(=O)(=O)c1ccc(C)cc1.COc1ncc(B2OC(C)(C)C(C)(C)O2)cc1N.Cc1nnc2cnc3ccc(Br)cc3n12.NCc1cnc2ccc(Br)cc2n1. The molecular weight excluding hydrogens is 1450 g/mol. The maximum absolute atomic E-state index is 12.9. The van der Waals surface area contributed by atoms with Crippen molar-refractivity contribution in [3.63, 3.8) is 0 Å². The second-order valence-corrected chi connectivity index (χ2v) is 27.8. The van der Waals surface area contributed by atoms with Crippen LogP contribution in [0, 0.1) is 27.7 Å². The van der Waals surface area contributed by atoms with Gasteiger partial charge in [0, 0.05) is 50.7 Å².